The van der Waals surface area contributed by atoms with Crippen LogP contribution in [0, 0.1) is 5.92 Å². The van der Waals surface area contributed by atoms with E-state index in [2.05, 4.69) is 31.9 Å². The Balaban J connectivity index is 1.75. The van der Waals surface area contributed by atoms with E-state index in [0.29, 0.717) is 24.0 Å². The minimum absolute atomic E-state index is 0.0189. The molecule has 1 unspecified atom stereocenters. The van der Waals surface area contributed by atoms with Gasteiger partial charge in [-0.15, -0.1) is 0 Å². The minimum Gasteiger partial charge on any atom is -0.481 e. The van der Waals surface area contributed by atoms with Crippen molar-refractivity contribution in [1.29, 1.82) is 0 Å². The van der Waals surface area contributed by atoms with Gasteiger partial charge < -0.3 is 51.6 Å². The number of carbonyl (C=O) groups is 10. The van der Waals surface area contributed by atoms with E-state index in [-0.39, 0.29) is 18.1 Å². The van der Waals surface area contributed by atoms with Gasteiger partial charge >= 0.3 is 17.9 Å². The molecule has 70 heavy (non-hydrogen) atoms. The topological polar surface area (TPSA) is 317 Å². The van der Waals surface area contributed by atoms with Crippen molar-refractivity contribution >= 4 is 59.1 Å². The molecule has 1 aromatic heterocycles. The van der Waals surface area contributed by atoms with E-state index in [9.17, 15) is 72.0 Å². The van der Waals surface area contributed by atoms with Crippen molar-refractivity contribution in [2.45, 2.75) is 133 Å². The molecule has 9 N–H and O–H groups in total. The lowest BCUT2D eigenvalue weighted by molar-refractivity contribution is -0.141. The summed E-state index contributed by atoms with van der Waals surface area (Å²) >= 11 is 0. The Labute approximate surface area is 401 Å². The number of nitrogens with one attached hydrogen (secondary N) is 6. The molecule has 0 saturated heterocycles. The number of carbonyl (C=O) groups excluding carboxylic acids is 7. The largest absolute Gasteiger partial charge is 0.481 e. The zero-order chi connectivity index (χ0) is 51.3. The number of hydrogen-bond acceptors (Lipinski definition) is 11. The van der Waals surface area contributed by atoms with Crippen LogP contribution < -0.4 is 31.9 Å². The van der Waals surface area contributed by atoms with Crippen LogP contribution in [0.25, 0.3) is 0 Å². The van der Waals surface area contributed by atoms with Gasteiger partial charge in [0.25, 0.3) is 0 Å². The Morgan fingerprint density at radius 1 is 0.571 bits per heavy atom. The van der Waals surface area contributed by atoms with E-state index in [4.69, 9.17) is 4.42 Å². The summed E-state index contributed by atoms with van der Waals surface area (Å²) in [5.41, 5.74) is 0.844. The smallest absolute Gasteiger partial charge is 0.305 e. The average Bonchev–Trinajstić information content (AvgIpc) is 3.86. The molecule has 0 radical (unpaired) electrons. The van der Waals surface area contributed by atoms with Crippen molar-refractivity contribution < 1.29 is 76.5 Å². The van der Waals surface area contributed by atoms with Crippen molar-refractivity contribution in [1.82, 2.24) is 31.9 Å². The van der Waals surface area contributed by atoms with Crippen LogP contribution in [-0.4, -0.2) is 117 Å². The highest BCUT2D eigenvalue weighted by Crippen LogP contribution is 2.30. The van der Waals surface area contributed by atoms with Crippen LogP contribution in [0.4, 0.5) is 8.78 Å². The van der Waals surface area contributed by atoms with Crippen LogP contribution in [0.15, 0.2) is 83.5 Å². The molecule has 1 aliphatic rings. The van der Waals surface area contributed by atoms with Gasteiger partial charge in [0.1, 0.15) is 36.3 Å². The van der Waals surface area contributed by atoms with Crippen LogP contribution in [-0.2, 0) is 43.2 Å². The summed E-state index contributed by atoms with van der Waals surface area (Å²) in [4.78, 5) is 132. The molecule has 1 fully saturated rings. The number of benzene rings is 2. The van der Waals surface area contributed by atoms with Gasteiger partial charge in [-0.1, -0.05) is 92.8 Å². The molecular weight excluding hydrogens is 923 g/mol. The van der Waals surface area contributed by atoms with Gasteiger partial charge in [-0.2, -0.15) is 0 Å². The summed E-state index contributed by atoms with van der Waals surface area (Å²) in [7, 11) is 0. The maximum absolute atomic E-state index is 14.9. The van der Waals surface area contributed by atoms with Gasteiger partial charge in [-0.25, -0.2) is 8.78 Å². The van der Waals surface area contributed by atoms with Gasteiger partial charge in [-0.3, -0.25) is 47.9 Å². The highest BCUT2D eigenvalue weighted by Gasteiger charge is 2.39. The first-order chi connectivity index (χ1) is 33.3. The van der Waals surface area contributed by atoms with Crippen molar-refractivity contribution in [3.63, 3.8) is 0 Å². The number of Topliss-reactive ketones (excluding diaryl/α,β-unsaturated/α-hetero) is 1. The Hall–Kier alpha value is -7.52. The lowest BCUT2D eigenvalue weighted by Gasteiger charge is -2.32. The second-order valence-electron chi connectivity index (χ2n) is 17.0. The first kappa shape index (κ1) is 55.1. The lowest BCUT2D eigenvalue weighted by atomic mass is 9.84. The monoisotopic (exact) mass is 980 g/mol. The molecule has 1 heterocycles. The highest BCUT2D eigenvalue weighted by atomic mass is 19.3. The maximum Gasteiger partial charge on any atom is 0.305 e. The standard InChI is InChI=1S/C48H58F2N6O14/c1-27(57)51-35(26-40(62)63)47(68)52-32(20-22-39(60)61)45(66)56-42(41(29-14-7-3-8-15-29)30-16-9-4-10-17-30)48(69)53-31(19-21-38(58)59)44(65)55-34(24-28-12-5-2-6-13-28)46(67)54-33(25-37(49)50)43(64)36-18-11-23-70-36/h3-4,7-11,14-18,23,28,31-35,37,41-42H,2,5-6,12-13,19-22,24-26H2,1H3,(H,51,57)(H,52,68)(H,53,69)(H,54,67)(H,55,65)(H,56,66)(H,58,59)(H,60,61)(H,62,63)/t31-,32-,33?,34-,35-,42-/m0/s1. The molecule has 0 spiro atoms. The third kappa shape index (κ3) is 17.9. The number of alkyl halides is 2. The summed E-state index contributed by atoms with van der Waals surface area (Å²) < 4.78 is 32.7. The van der Waals surface area contributed by atoms with Crippen LogP contribution in [0.2, 0.25) is 0 Å². The normalized spacial score (nSPS) is 15.2. The molecule has 22 heteroatoms. The first-order valence-corrected chi connectivity index (χ1v) is 22.7. The van der Waals surface area contributed by atoms with Crippen LogP contribution in [0.3, 0.4) is 0 Å². The number of halogens is 2. The minimum atomic E-state index is -3.04. The molecule has 6 amide bonds. The first-order valence-electron chi connectivity index (χ1n) is 22.7. The number of aliphatic carboxylic acids is 3. The fourth-order valence-electron chi connectivity index (χ4n) is 8.22. The van der Waals surface area contributed by atoms with Gasteiger partial charge in [-0.05, 0) is 48.4 Å². The number of hydrogen-bond donors (Lipinski definition) is 9. The van der Waals surface area contributed by atoms with Crippen LogP contribution in [0.5, 0.6) is 0 Å². The van der Waals surface area contributed by atoms with Gasteiger partial charge in [0.15, 0.2) is 5.76 Å². The van der Waals surface area contributed by atoms with E-state index in [1.165, 1.54) is 12.1 Å². The summed E-state index contributed by atoms with van der Waals surface area (Å²) in [5.74, 6) is -13.1. The molecule has 0 bridgehead atoms. The summed E-state index contributed by atoms with van der Waals surface area (Å²) in [6.07, 6.45) is -2.73. The summed E-state index contributed by atoms with van der Waals surface area (Å²) in [6.45, 7) is 1.02. The number of carboxylic acid groups (broad SMARTS) is 3. The van der Waals surface area contributed by atoms with Crippen molar-refractivity contribution in [2.24, 2.45) is 5.92 Å². The predicted octanol–water partition coefficient (Wildman–Crippen LogP) is 3.05. The summed E-state index contributed by atoms with van der Waals surface area (Å²) in [5, 5.41) is 43.1. The molecule has 2 aromatic carbocycles. The number of amides is 6. The number of furan rings is 1. The zero-order valence-corrected chi connectivity index (χ0v) is 38.3. The number of carboxylic acids is 3. The molecule has 1 aliphatic carbocycles. The van der Waals surface area contributed by atoms with Crippen LogP contribution in [0.1, 0.15) is 112 Å². The van der Waals surface area contributed by atoms with Gasteiger partial charge in [0.05, 0.1) is 12.7 Å². The third-order valence-electron chi connectivity index (χ3n) is 11.6. The molecule has 0 aliphatic heterocycles. The molecular formula is C48H58F2N6O14. The highest BCUT2D eigenvalue weighted by molar-refractivity contribution is 6.01. The van der Waals surface area contributed by atoms with Crippen molar-refractivity contribution in [3.05, 3.63) is 95.9 Å². The SMILES string of the molecule is CC(=O)N[C@@H](CC(=O)O)C(=O)N[C@@H](CCC(=O)O)C(=O)N[C@H](C(=O)N[C@@H](CCC(=O)O)C(=O)N[C@@H](CC1CCCCC1)C(=O)NC(CC(F)F)C(=O)c1ccco1)C(c1ccccc1)c1ccccc1. The predicted molar refractivity (Wildman–Crippen MR) is 243 cm³/mol. The fourth-order valence-corrected chi connectivity index (χ4v) is 8.22. The Kier molecular flexibility index (Phi) is 21.6. The number of rotatable bonds is 28. The van der Waals surface area contributed by atoms with Crippen molar-refractivity contribution in [3.8, 4) is 0 Å². The quantitative estimate of drug-likeness (QED) is 0.0473. The van der Waals surface area contributed by atoms with E-state index >= 15 is 0 Å². The van der Waals surface area contributed by atoms with E-state index in [1.807, 2.05) is 0 Å². The summed E-state index contributed by atoms with van der Waals surface area (Å²) in [6, 6.07) is 8.73. The third-order valence-corrected chi connectivity index (χ3v) is 11.6. The molecule has 6 atom stereocenters. The van der Waals surface area contributed by atoms with Gasteiger partial charge in [0.2, 0.25) is 47.7 Å². The lowest BCUT2D eigenvalue weighted by Crippen LogP contribution is -2.61. The van der Waals surface area contributed by atoms with Crippen LogP contribution >= 0.6 is 0 Å². The molecule has 4 rings (SSSR count). The Bertz CT molecular complexity index is 2220. The van der Waals surface area contributed by atoms with E-state index in [1.54, 1.807) is 60.7 Å². The van der Waals surface area contributed by atoms with E-state index in [0.717, 1.165) is 32.4 Å². The Morgan fingerprint density at radius 2 is 1.06 bits per heavy atom. The van der Waals surface area contributed by atoms with E-state index < -0.39 is 146 Å². The molecule has 1 saturated carbocycles. The van der Waals surface area contributed by atoms with Crippen molar-refractivity contribution in [2.75, 3.05) is 0 Å². The number of ketones is 1. The molecule has 378 valence electrons. The van der Waals surface area contributed by atoms with Gasteiger partial charge in [0, 0.05) is 32.1 Å². The molecule has 20 nitrogen and oxygen atoms in total. The second-order valence-corrected chi connectivity index (χ2v) is 17.0. The zero-order valence-electron chi connectivity index (χ0n) is 38.3. The fraction of sp³-hybridized carbons (Fsp3) is 0.458. The maximum atomic E-state index is 14.9. The Morgan fingerprint density at radius 3 is 1.54 bits per heavy atom. The molecule has 3 aromatic rings. The average molecular weight is 981 g/mol. The second kappa shape index (κ2) is 27.5.